The SMILES string of the molecule is [B]c1cc(C(C)O)c2oc(-c3ccc(NC(=O)COc4ccccc4C)cc3)nc2c1. The van der Waals surface area contributed by atoms with Crippen molar-refractivity contribution in [3.63, 3.8) is 0 Å². The zero-order valence-electron chi connectivity index (χ0n) is 17.3. The molecule has 0 aliphatic heterocycles. The smallest absolute Gasteiger partial charge is 0.262 e. The summed E-state index contributed by atoms with van der Waals surface area (Å²) in [5.74, 6) is 0.833. The second-order valence-electron chi connectivity index (χ2n) is 7.33. The molecule has 1 amide bonds. The summed E-state index contributed by atoms with van der Waals surface area (Å²) in [6.07, 6.45) is -0.730. The second kappa shape index (κ2) is 8.66. The monoisotopic (exact) mass is 412 g/mol. The average molecular weight is 412 g/mol. The van der Waals surface area contributed by atoms with Crippen molar-refractivity contribution < 1.29 is 19.1 Å². The van der Waals surface area contributed by atoms with Crippen molar-refractivity contribution in [2.24, 2.45) is 0 Å². The molecule has 4 rings (SSSR count). The topological polar surface area (TPSA) is 84.6 Å². The first-order valence-corrected chi connectivity index (χ1v) is 9.87. The van der Waals surface area contributed by atoms with Crippen LogP contribution in [0.3, 0.4) is 0 Å². The molecule has 3 aromatic carbocycles. The lowest BCUT2D eigenvalue weighted by Gasteiger charge is -2.09. The number of nitrogens with zero attached hydrogens (tertiary/aromatic N) is 1. The first-order chi connectivity index (χ1) is 14.9. The molecule has 31 heavy (non-hydrogen) atoms. The summed E-state index contributed by atoms with van der Waals surface area (Å²) >= 11 is 0. The minimum atomic E-state index is -0.730. The van der Waals surface area contributed by atoms with E-state index in [0.717, 1.165) is 11.1 Å². The lowest BCUT2D eigenvalue weighted by atomic mass is 9.92. The van der Waals surface area contributed by atoms with Crippen molar-refractivity contribution in [3.8, 4) is 17.2 Å². The summed E-state index contributed by atoms with van der Waals surface area (Å²) in [5.41, 5.74) is 4.52. The van der Waals surface area contributed by atoms with E-state index < -0.39 is 6.10 Å². The van der Waals surface area contributed by atoms with Crippen LogP contribution in [0.5, 0.6) is 5.75 Å². The number of aromatic nitrogens is 1. The number of oxazole rings is 1. The van der Waals surface area contributed by atoms with Crippen molar-refractivity contribution in [1.29, 1.82) is 0 Å². The third-order valence-corrected chi connectivity index (χ3v) is 4.86. The average Bonchev–Trinajstić information content (AvgIpc) is 3.16. The number of hydrogen-bond acceptors (Lipinski definition) is 5. The van der Waals surface area contributed by atoms with Gasteiger partial charge < -0.3 is 19.6 Å². The zero-order chi connectivity index (χ0) is 22.0. The summed E-state index contributed by atoms with van der Waals surface area (Å²) in [6.45, 7) is 3.49. The fourth-order valence-electron chi connectivity index (χ4n) is 3.27. The maximum atomic E-state index is 12.2. The van der Waals surface area contributed by atoms with Gasteiger partial charge in [-0.1, -0.05) is 29.7 Å². The molecule has 0 bridgehead atoms. The van der Waals surface area contributed by atoms with E-state index in [2.05, 4.69) is 10.3 Å². The second-order valence-corrected chi connectivity index (χ2v) is 7.33. The van der Waals surface area contributed by atoms with Gasteiger partial charge in [-0.05, 0) is 55.8 Å². The minimum Gasteiger partial charge on any atom is -0.483 e. The highest BCUT2D eigenvalue weighted by Gasteiger charge is 2.15. The molecule has 4 aromatic rings. The van der Waals surface area contributed by atoms with Gasteiger partial charge in [0.1, 0.15) is 19.1 Å². The Morgan fingerprint density at radius 1 is 1.19 bits per heavy atom. The standard InChI is InChI=1S/C24H21BN2O4/c1-14-5-3-4-6-21(14)30-13-22(29)26-18-9-7-16(8-10-18)24-27-20-12-17(25)11-19(15(2)28)23(20)31-24/h3-12,15,28H,13H2,1-2H3,(H,26,29). The van der Waals surface area contributed by atoms with Crippen molar-refractivity contribution in [2.45, 2.75) is 20.0 Å². The normalized spacial score (nSPS) is 12.0. The molecule has 6 nitrogen and oxygen atoms in total. The highest BCUT2D eigenvalue weighted by molar-refractivity contribution is 6.33. The molecule has 0 fully saturated rings. The fourth-order valence-corrected chi connectivity index (χ4v) is 3.27. The van der Waals surface area contributed by atoms with Crippen molar-refractivity contribution in [1.82, 2.24) is 4.98 Å². The Hall–Kier alpha value is -3.58. The van der Waals surface area contributed by atoms with Crippen LogP contribution in [0.25, 0.3) is 22.6 Å². The molecule has 2 radical (unpaired) electrons. The highest BCUT2D eigenvalue weighted by Crippen LogP contribution is 2.29. The van der Waals surface area contributed by atoms with Crippen LogP contribution in [-0.2, 0) is 4.79 Å². The Kier molecular flexibility index (Phi) is 5.78. The minimum absolute atomic E-state index is 0.0821. The Balaban J connectivity index is 1.46. The first-order valence-electron chi connectivity index (χ1n) is 9.87. The highest BCUT2D eigenvalue weighted by atomic mass is 16.5. The fraction of sp³-hybridized carbons (Fsp3) is 0.167. The van der Waals surface area contributed by atoms with Gasteiger partial charge in [0.2, 0.25) is 5.89 Å². The van der Waals surface area contributed by atoms with Gasteiger partial charge in [-0.2, -0.15) is 0 Å². The molecular formula is C24H21BN2O4. The lowest BCUT2D eigenvalue weighted by Crippen LogP contribution is -2.20. The Labute approximate surface area is 181 Å². The van der Waals surface area contributed by atoms with Gasteiger partial charge in [0.25, 0.3) is 5.91 Å². The van der Waals surface area contributed by atoms with Crippen LogP contribution in [0.1, 0.15) is 24.2 Å². The van der Waals surface area contributed by atoms with E-state index in [1.165, 1.54) is 0 Å². The number of ether oxygens (including phenoxy) is 1. The number of nitrogens with one attached hydrogen (secondary N) is 1. The van der Waals surface area contributed by atoms with Crippen LogP contribution >= 0.6 is 0 Å². The number of para-hydroxylation sites is 1. The van der Waals surface area contributed by atoms with Crippen LogP contribution in [-0.4, -0.2) is 30.5 Å². The maximum Gasteiger partial charge on any atom is 0.262 e. The van der Waals surface area contributed by atoms with E-state index in [0.29, 0.717) is 39.5 Å². The van der Waals surface area contributed by atoms with Crippen molar-refractivity contribution in [3.05, 3.63) is 71.8 Å². The zero-order valence-corrected chi connectivity index (χ0v) is 17.3. The van der Waals surface area contributed by atoms with E-state index in [-0.39, 0.29) is 12.5 Å². The Morgan fingerprint density at radius 3 is 2.65 bits per heavy atom. The molecule has 154 valence electrons. The molecule has 2 N–H and O–H groups in total. The molecule has 7 heteroatoms. The molecule has 1 heterocycles. The molecule has 1 atom stereocenters. The molecule has 1 aromatic heterocycles. The molecule has 0 aliphatic carbocycles. The van der Waals surface area contributed by atoms with Gasteiger partial charge in [0.15, 0.2) is 12.2 Å². The van der Waals surface area contributed by atoms with Crippen molar-refractivity contribution >= 4 is 36.0 Å². The molecular weight excluding hydrogens is 391 g/mol. The van der Waals surface area contributed by atoms with E-state index in [1.807, 2.05) is 31.2 Å². The third kappa shape index (κ3) is 4.62. The van der Waals surface area contributed by atoms with Crippen LogP contribution in [0.2, 0.25) is 0 Å². The number of hydrogen-bond donors (Lipinski definition) is 2. The van der Waals surface area contributed by atoms with Crippen LogP contribution in [0, 0.1) is 6.92 Å². The largest absolute Gasteiger partial charge is 0.483 e. The van der Waals surface area contributed by atoms with Gasteiger partial charge in [0, 0.05) is 16.8 Å². The van der Waals surface area contributed by atoms with Gasteiger partial charge in [-0.25, -0.2) is 4.98 Å². The summed E-state index contributed by atoms with van der Waals surface area (Å²) < 4.78 is 11.5. The van der Waals surface area contributed by atoms with Gasteiger partial charge >= 0.3 is 0 Å². The van der Waals surface area contributed by atoms with Crippen LogP contribution in [0.4, 0.5) is 5.69 Å². The van der Waals surface area contributed by atoms with Gasteiger partial charge in [0.05, 0.1) is 6.10 Å². The number of benzene rings is 3. The van der Waals surface area contributed by atoms with Crippen LogP contribution in [0.15, 0.2) is 65.1 Å². The number of rotatable bonds is 6. The Morgan fingerprint density at radius 2 is 1.94 bits per heavy atom. The summed E-state index contributed by atoms with van der Waals surface area (Å²) in [7, 11) is 5.90. The lowest BCUT2D eigenvalue weighted by molar-refractivity contribution is -0.118. The van der Waals surface area contributed by atoms with E-state index in [1.54, 1.807) is 43.3 Å². The molecule has 0 aliphatic rings. The van der Waals surface area contributed by atoms with Gasteiger partial charge in [-0.3, -0.25) is 4.79 Å². The predicted octanol–water partition coefficient (Wildman–Crippen LogP) is 3.67. The summed E-state index contributed by atoms with van der Waals surface area (Å²) in [5, 5.41) is 12.8. The number of amides is 1. The van der Waals surface area contributed by atoms with Crippen molar-refractivity contribution in [2.75, 3.05) is 11.9 Å². The van der Waals surface area contributed by atoms with E-state index in [9.17, 15) is 9.90 Å². The first kappa shape index (κ1) is 20.7. The molecule has 0 saturated carbocycles. The number of carbonyl (C=O) groups is 1. The number of aliphatic hydroxyl groups is 1. The summed E-state index contributed by atoms with van der Waals surface area (Å²) in [6, 6.07) is 18.0. The number of fused-ring (bicyclic) bond motifs is 1. The number of aliphatic hydroxyl groups excluding tert-OH is 1. The number of carbonyl (C=O) groups excluding carboxylic acids is 1. The molecule has 1 unspecified atom stereocenters. The van der Waals surface area contributed by atoms with Gasteiger partial charge in [-0.15, -0.1) is 0 Å². The third-order valence-electron chi connectivity index (χ3n) is 4.86. The van der Waals surface area contributed by atoms with Crippen LogP contribution < -0.4 is 15.5 Å². The number of aryl methyl sites for hydroxylation is 1. The molecule has 0 saturated heterocycles. The van der Waals surface area contributed by atoms with E-state index in [4.69, 9.17) is 17.0 Å². The maximum absolute atomic E-state index is 12.2. The van der Waals surface area contributed by atoms with E-state index >= 15 is 0 Å². The predicted molar refractivity (Wildman–Crippen MR) is 121 cm³/mol. The quantitative estimate of drug-likeness (QED) is 0.472. The summed E-state index contributed by atoms with van der Waals surface area (Å²) in [4.78, 5) is 16.7. The number of anilines is 1. The molecule has 0 spiro atoms. The Bertz CT molecular complexity index is 1230.